The second-order valence-corrected chi connectivity index (χ2v) is 19.5. The normalized spacial score (nSPS) is 12.9. The molecule has 2 unspecified atom stereocenters. The van der Waals surface area contributed by atoms with Gasteiger partial charge in [0.25, 0.3) is 0 Å². The van der Waals surface area contributed by atoms with E-state index in [-0.39, 0.29) is 47.7 Å². The number of rotatable bonds is 12. The van der Waals surface area contributed by atoms with Crippen molar-refractivity contribution in [3.8, 4) is 11.4 Å². The topological polar surface area (TPSA) is 184 Å². The zero-order valence-corrected chi connectivity index (χ0v) is 38.5. The van der Waals surface area contributed by atoms with Crippen molar-refractivity contribution in [2.45, 2.75) is 67.2 Å². The highest BCUT2D eigenvalue weighted by molar-refractivity contribution is 7.91. The summed E-state index contributed by atoms with van der Waals surface area (Å²) in [6.07, 6.45) is -7.59. The van der Waals surface area contributed by atoms with E-state index in [1.54, 1.807) is 36.4 Å². The fourth-order valence-corrected chi connectivity index (χ4v) is 7.90. The van der Waals surface area contributed by atoms with Gasteiger partial charge in [0.1, 0.15) is 27.2 Å². The number of aromatic nitrogens is 4. The number of hydrogen-bond donors (Lipinski definition) is 2. The molecule has 6 aromatic rings. The predicted octanol–water partition coefficient (Wildman–Crippen LogP) is 9.81. The Labute approximate surface area is 388 Å². The second kappa shape index (κ2) is 21.5. The third-order valence-electron chi connectivity index (χ3n) is 9.65. The van der Waals surface area contributed by atoms with E-state index in [4.69, 9.17) is 34.0 Å². The summed E-state index contributed by atoms with van der Waals surface area (Å²) in [5.41, 5.74) is 5.03. The summed E-state index contributed by atoms with van der Waals surface area (Å²) in [5, 5.41) is 16.6. The summed E-state index contributed by atoms with van der Waals surface area (Å²) in [5.74, 6) is -5.00. The average molecular weight is 1020 g/mol. The van der Waals surface area contributed by atoms with Gasteiger partial charge >= 0.3 is 18.3 Å². The van der Waals surface area contributed by atoms with Crippen LogP contribution in [0.15, 0.2) is 107 Å². The summed E-state index contributed by atoms with van der Waals surface area (Å²) in [6.45, 7) is 2.87. The van der Waals surface area contributed by atoms with Crippen LogP contribution in [0.2, 0.25) is 10.0 Å². The summed E-state index contributed by atoms with van der Waals surface area (Å²) in [4.78, 5) is 22.5. The largest absolute Gasteiger partial charge is 0.481 e. The number of alkyl halides is 6. The third-order valence-corrected chi connectivity index (χ3v) is 12.4. The number of carbonyl (C=O) groups is 2. The Morgan fingerprint density at radius 1 is 0.657 bits per heavy atom. The number of sulfone groups is 2. The van der Waals surface area contributed by atoms with Gasteiger partial charge in [-0.15, -0.1) is 0 Å². The molecule has 0 fully saturated rings. The molecule has 0 aliphatic carbocycles. The molecule has 0 aliphatic rings. The van der Waals surface area contributed by atoms with Crippen molar-refractivity contribution in [1.29, 1.82) is 0 Å². The maximum Gasteiger partial charge on any atom is 0.435 e. The van der Waals surface area contributed by atoms with Gasteiger partial charge in [0, 0.05) is 47.1 Å². The van der Waals surface area contributed by atoms with E-state index < -0.39 is 82.6 Å². The van der Waals surface area contributed by atoms with Crippen molar-refractivity contribution in [3.63, 3.8) is 0 Å². The Kier molecular flexibility index (Phi) is 17.3. The highest BCUT2D eigenvalue weighted by atomic mass is 35.5. The van der Waals surface area contributed by atoms with Crippen molar-refractivity contribution in [2.24, 2.45) is 5.73 Å². The van der Waals surface area contributed by atoms with Crippen molar-refractivity contribution >= 4 is 54.6 Å². The van der Waals surface area contributed by atoms with Crippen LogP contribution in [0, 0.1) is 11.6 Å². The number of ketones is 1. The van der Waals surface area contributed by atoms with Gasteiger partial charge in [-0.05, 0) is 97.3 Å². The molecule has 2 aromatic heterocycles. The Balaban J connectivity index is 0.000000242. The molecule has 0 saturated carbocycles. The number of carboxylic acids is 1. The maximum absolute atomic E-state index is 14.2. The summed E-state index contributed by atoms with van der Waals surface area (Å²) < 4.78 is 153. The highest BCUT2D eigenvalue weighted by Crippen LogP contribution is 2.32. The van der Waals surface area contributed by atoms with Crippen LogP contribution in [0.5, 0.6) is 0 Å². The monoisotopic (exact) mass is 1020 g/mol. The van der Waals surface area contributed by atoms with Crippen molar-refractivity contribution < 1.29 is 66.7 Å². The van der Waals surface area contributed by atoms with Crippen LogP contribution in [0.25, 0.3) is 11.4 Å². The first-order chi connectivity index (χ1) is 30.9. The van der Waals surface area contributed by atoms with Crippen LogP contribution in [-0.2, 0) is 54.6 Å². The summed E-state index contributed by atoms with van der Waals surface area (Å²) in [6, 6.07) is 21.1. The minimum Gasteiger partial charge on any atom is -0.481 e. The van der Waals surface area contributed by atoms with E-state index in [2.05, 4.69) is 10.2 Å². The van der Waals surface area contributed by atoms with Gasteiger partial charge in [-0.25, -0.2) is 35.0 Å². The predicted molar refractivity (Wildman–Crippen MR) is 232 cm³/mol. The first-order valence-electron chi connectivity index (χ1n) is 19.2. The number of hydrogen-bond acceptors (Lipinski definition) is 9. The number of aliphatic carboxylic acids is 1. The number of carbonyl (C=O) groups excluding carboxylic acids is 1. The van der Waals surface area contributed by atoms with Crippen LogP contribution in [0.4, 0.5) is 35.1 Å². The van der Waals surface area contributed by atoms with Crippen molar-refractivity contribution in [3.05, 3.63) is 153 Å². The molecule has 0 aliphatic heterocycles. The molecular formula is C43H39Cl2F8N5O7S2. The SMILES string of the molecule is CC(C(=O)CCc1cc(C(F)(F)F)nn1-c1cccc(Cl)c1)c1ccc(S(C)(=O)=O)c(F)c1.CC(C(=O)O)c1ccc(S(C)(=O)=O)c(F)c1.NCc1cc(C(F)(F)F)nn1-c1cccc(Cl)c1. The molecule has 4 aromatic carbocycles. The Morgan fingerprint density at radius 3 is 1.42 bits per heavy atom. The zero-order chi connectivity index (χ0) is 50.4. The molecular weight excluding hydrogens is 986 g/mol. The number of benzene rings is 4. The fraction of sp³-hybridized carbons (Fsp3) is 0.256. The van der Waals surface area contributed by atoms with Crippen LogP contribution in [0.1, 0.15) is 66.0 Å². The van der Waals surface area contributed by atoms with Crippen LogP contribution >= 0.6 is 23.2 Å². The Morgan fingerprint density at radius 2 is 1.06 bits per heavy atom. The first-order valence-corrected chi connectivity index (χ1v) is 23.7. The van der Waals surface area contributed by atoms with E-state index in [9.17, 15) is 61.5 Å². The van der Waals surface area contributed by atoms with Gasteiger partial charge < -0.3 is 10.8 Å². The lowest BCUT2D eigenvalue weighted by Crippen LogP contribution is -2.13. The van der Waals surface area contributed by atoms with E-state index in [0.717, 1.165) is 58.3 Å². The summed E-state index contributed by atoms with van der Waals surface area (Å²) >= 11 is 11.7. The molecule has 0 amide bonds. The van der Waals surface area contributed by atoms with Gasteiger partial charge in [-0.2, -0.15) is 36.5 Å². The number of carboxylic acid groups (broad SMARTS) is 1. The van der Waals surface area contributed by atoms with Gasteiger partial charge in [-0.1, -0.05) is 54.4 Å². The van der Waals surface area contributed by atoms with Crippen LogP contribution in [0.3, 0.4) is 0 Å². The molecule has 12 nitrogen and oxygen atoms in total. The lowest BCUT2D eigenvalue weighted by Gasteiger charge is -2.13. The lowest BCUT2D eigenvalue weighted by atomic mass is 9.93. The number of nitrogens with two attached hydrogens (primary N) is 1. The molecule has 2 atom stereocenters. The molecule has 0 spiro atoms. The smallest absolute Gasteiger partial charge is 0.435 e. The molecule has 0 bridgehead atoms. The first kappa shape index (κ1) is 53.9. The minimum absolute atomic E-state index is 0.0460. The molecule has 0 radical (unpaired) electrons. The van der Waals surface area contributed by atoms with Crippen molar-refractivity contribution in [1.82, 2.24) is 19.6 Å². The zero-order valence-electron chi connectivity index (χ0n) is 35.4. The Bertz CT molecular complexity index is 3000. The standard InChI is InChI=1S/C22H19ClF4N2O3S.C11H9ClF3N3.C10H11FO4S/c1-13(14-6-9-20(18(24)10-14)33(2,31)32)19(30)8-7-17-12-21(22(25,26)27)28-29(17)16-5-3-4-15(23)11-16;12-7-2-1-3-8(4-7)18-9(6-16)5-10(17-18)11(13,14)15;1-6(10(12)13)7-3-4-9(8(11)5-7)16(2,14)15/h3-6,9-13H,7-8H2,1-2H3;1-5H,6,16H2;3-6H,1-2H3,(H,12,13). The average Bonchev–Trinajstić information content (AvgIpc) is 3.88. The minimum atomic E-state index is -4.67. The molecule has 2 heterocycles. The van der Waals surface area contributed by atoms with Gasteiger partial charge in [0.05, 0.1) is 23.0 Å². The fourth-order valence-electron chi connectivity index (χ4n) is 6.07. The molecule has 360 valence electrons. The summed E-state index contributed by atoms with van der Waals surface area (Å²) in [7, 11) is -7.38. The number of Topliss-reactive ketones (excluding diaryl/α,β-unsaturated/α-hetero) is 1. The van der Waals surface area contributed by atoms with Crippen molar-refractivity contribution in [2.75, 3.05) is 12.5 Å². The Hall–Kier alpha value is -5.68. The third kappa shape index (κ3) is 14.4. The van der Waals surface area contributed by atoms with Crippen LogP contribution in [-0.4, -0.2) is 65.8 Å². The molecule has 0 saturated heterocycles. The second-order valence-electron chi connectivity index (χ2n) is 14.7. The van der Waals surface area contributed by atoms with Gasteiger partial charge in [0.2, 0.25) is 0 Å². The van der Waals surface area contributed by atoms with Gasteiger partial charge in [-0.3, -0.25) is 9.59 Å². The van der Waals surface area contributed by atoms with E-state index in [0.29, 0.717) is 21.4 Å². The van der Waals surface area contributed by atoms with Crippen LogP contribution < -0.4 is 5.73 Å². The highest BCUT2D eigenvalue weighted by Gasteiger charge is 2.36. The maximum atomic E-state index is 14.2. The lowest BCUT2D eigenvalue weighted by molar-refractivity contribution is -0.142. The number of halogens is 10. The number of aryl methyl sites for hydroxylation is 1. The quantitative estimate of drug-likeness (QED) is 0.112. The molecule has 3 N–H and O–H groups in total. The van der Waals surface area contributed by atoms with E-state index >= 15 is 0 Å². The van der Waals surface area contributed by atoms with E-state index in [1.807, 2.05) is 0 Å². The molecule has 67 heavy (non-hydrogen) atoms. The van der Waals surface area contributed by atoms with E-state index in [1.165, 1.54) is 38.1 Å². The molecule has 6 rings (SSSR count). The van der Waals surface area contributed by atoms with Gasteiger partial charge in [0.15, 0.2) is 31.1 Å². The molecule has 24 heteroatoms. The number of nitrogens with zero attached hydrogens (tertiary/aromatic N) is 4.